The summed E-state index contributed by atoms with van der Waals surface area (Å²) in [6, 6.07) is 15.8. The van der Waals surface area contributed by atoms with Crippen LogP contribution in [0.2, 0.25) is 0 Å². The van der Waals surface area contributed by atoms with E-state index in [1.54, 1.807) is 19.1 Å². The molecule has 0 aromatic heterocycles. The molecule has 0 aliphatic heterocycles. The SMILES string of the molecule is CCC(O)(C(N)=O)c1ccc(-c2ccc(C(C)C)cc2)cc1. The molecule has 3 heteroatoms. The molecule has 2 rings (SSSR count). The highest BCUT2D eigenvalue weighted by Crippen LogP contribution is 2.28. The largest absolute Gasteiger partial charge is 0.375 e. The Kier molecular flexibility index (Phi) is 4.67. The van der Waals surface area contributed by atoms with Crippen molar-refractivity contribution >= 4 is 5.91 Å². The van der Waals surface area contributed by atoms with E-state index in [0.717, 1.165) is 11.1 Å². The molecule has 1 amide bonds. The summed E-state index contributed by atoms with van der Waals surface area (Å²) >= 11 is 0. The summed E-state index contributed by atoms with van der Waals surface area (Å²) in [7, 11) is 0. The third-order valence-electron chi connectivity index (χ3n) is 4.19. The van der Waals surface area contributed by atoms with Gasteiger partial charge in [-0.2, -0.15) is 0 Å². The lowest BCUT2D eigenvalue weighted by Gasteiger charge is -2.23. The molecule has 116 valence electrons. The van der Waals surface area contributed by atoms with Crippen LogP contribution in [-0.4, -0.2) is 11.0 Å². The van der Waals surface area contributed by atoms with E-state index in [0.29, 0.717) is 11.5 Å². The minimum absolute atomic E-state index is 0.255. The van der Waals surface area contributed by atoms with Gasteiger partial charge in [0.2, 0.25) is 0 Å². The van der Waals surface area contributed by atoms with Crippen LogP contribution in [0.25, 0.3) is 11.1 Å². The number of nitrogens with two attached hydrogens (primary N) is 1. The Labute approximate surface area is 131 Å². The molecule has 0 saturated heterocycles. The second kappa shape index (κ2) is 6.32. The summed E-state index contributed by atoms with van der Waals surface area (Å²) in [6.07, 6.45) is 0.255. The molecule has 3 nitrogen and oxygen atoms in total. The van der Waals surface area contributed by atoms with Crippen molar-refractivity contribution in [2.75, 3.05) is 0 Å². The number of hydrogen-bond acceptors (Lipinski definition) is 2. The van der Waals surface area contributed by atoms with Crippen LogP contribution in [0.3, 0.4) is 0 Å². The lowest BCUT2D eigenvalue weighted by Crippen LogP contribution is -2.40. The fourth-order valence-electron chi connectivity index (χ4n) is 2.52. The number of aliphatic hydroxyl groups is 1. The monoisotopic (exact) mass is 297 g/mol. The molecule has 0 aliphatic carbocycles. The Morgan fingerprint density at radius 2 is 1.50 bits per heavy atom. The van der Waals surface area contributed by atoms with E-state index >= 15 is 0 Å². The lowest BCUT2D eigenvalue weighted by atomic mass is 9.89. The molecule has 0 saturated carbocycles. The summed E-state index contributed by atoms with van der Waals surface area (Å²) in [5, 5.41) is 10.4. The van der Waals surface area contributed by atoms with Gasteiger partial charge in [0.15, 0.2) is 5.60 Å². The standard InChI is InChI=1S/C19H23NO2/c1-4-19(22,18(20)21)17-11-9-16(10-12-17)15-7-5-14(6-8-15)13(2)3/h5-13,22H,4H2,1-3H3,(H2,20,21). The number of amides is 1. The van der Waals surface area contributed by atoms with Crippen molar-refractivity contribution in [3.8, 4) is 11.1 Å². The zero-order chi connectivity index (χ0) is 16.3. The van der Waals surface area contributed by atoms with Gasteiger partial charge in [-0.25, -0.2) is 0 Å². The van der Waals surface area contributed by atoms with Gasteiger partial charge in [-0.05, 0) is 34.6 Å². The smallest absolute Gasteiger partial charge is 0.254 e. The first-order valence-corrected chi connectivity index (χ1v) is 7.61. The third kappa shape index (κ3) is 3.04. The maximum atomic E-state index is 11.5. The van der Waals surface area contributed by atoms with Crippen LogP contribution in [0, 0.1) is 0 Å². The van der Waals surface area contributed by atoms with Crippen molar-refractivity contribution < 1.29 is 9.90 Å². The van der Waals surface area contributed by atoms with Gasteiger partial charge < -0.3 is 10.8 Å². The predicted molar refractivity (Wildman–Crippen MR) is 89.3 cm³/mol. The van der Waals surface area contributed by atoms with Crippen LogP contribution in [0.4, 0.5) is 0 Å². The van der Waals surface area contributed by atoms with Crippen molar-refractivity contribution in [2.45, 2.75) is 38.7 Å². The number of carbonyl (C=O) groups excluding carboxylic acids is 1. The predicted octanol–water partition coefficient (Wildman–Crippen LogP) is 3.56. The van der Waals surface area contributed by atoms with Crippen molar-refractivity contribution in [1.29, 1.82) is 0 Å². The molecule has 22 heavy (non-hydrogen) atoms. The van der Waals surface area contributed by atoms with Crippen LogP contribution in [0.1, 0.15) is 44.2 Å². The normalized spacial score (nSPS) is 13.9. The van der Waals surface area contributed by atoms with E-state index in [2.05, 4.69) is 38.1 Å². The Bertz CT molecular complexity index is 644. The highest BCUT2D eigenvalue weighted by atomic mass is 16.3. The van der Waals surface area contributed by atoms with Crippen LogP contribution >= 0.6 is 0 Å². The molecule has 3 N–H and O–H groups in total. The minimum atomic E-state index is -1.60. The zero-order valence-corrected chi connectivity index (χ0v) is 13.3. The van der Waals surface area contributed by atoms with E-state index < -0.39 is 11.5 Å². The third-order valence-corrected chi connectivity index (χ3v) is 4.19. The lowest BCUT2D eigenvalue weighted by molar-refractivity contribution is -0.137. The summed E-state index contributed by atoms with van der Waals surface area (Å²) in [5.41, 5.74) is 7.70. The van der Waals surface area contributed by atoms with E-state index in [1.165, 1.54) is 5.56 Å². The number of benzene rings is 2. The quantitative estimate of drug-likeness (QED) is 0.886. The highest BCUT2D eigenvalue weighted by molar-refractivity contribution is 5.84. The van der Waals surface area contributed by atoms with Crippen LogP contribution in [0.15, 0.2) is 48.5 Å². The molecule has 0 heterocycles. The highest BCUT2D eigenvalue weighted by Gasteiger charge is 2.33. The van der Waals surface area contributed by atoms with E-state index in [1.807, 2.05) is 12.1 Å². The summed E-state index contributed by atoms with van der Waals surface area (Å²) in [6.45, 7) is 6.07. The molecular weight excluding hydrogens is 274 g/mol. The van der Waals surface area contributed by atoms with Gasteiger partial charge in [-0.15, -0.1) is 0 Å². The van der Waals surface area contributed by atoms with Gasteiger partial charge in [-0.3, -0.25) is 4.79 Å². The Hall–Kier alpha value is -2.13. The topological polar surface area (TPSA) is 63.3 Å². The summed E-state index contributed by atoms with van der Waals surface area (Å²) < 4.78 is 0. The average Bonchev–Trinajstić information content (AvgIpc) is 2.54. The van der Waals surface area contributed by atoms with Crippen molar-refractivity contribution in [3.05, 3.63) is 59.7 Å². The Morgan fingerprint density at radius 3 is 1.86 bits per heavy atom. The molecule has 0 fully saturated rings. The van der Waals surface area contributed by atoms with Gasteiger partial charge in [-0.1, -0.05) is 69.3 Å². The summed E-state index contributed by atoms with van der Waals surface area (Å²) in [4.78, 5) is 11.5. The van der Waals surface area contributed by atoms with Gasteiger partial charge in [0.05, 0.1) is 0 Å². The molecule has 0 aliphatic rings. The van der Waals surface area contributed by atoms with Gasteiger partial charge in [0.1, 0.15) is 0 Å². The van der Waals surface area contributed by atoms with Crippen molar-refractivity contribution in [2.24, 2.45) is 5.73 Å². The van der Waals surface area contributed by atoms with Crippen molar-refractivity contribution in [1.82, 2.24) is 0 Å². The Balaban J connectivity index is 2.30. The average molecular weight is 297 g/mol. The van der Waals surface area contributed by atoms with Crippen LogP contribution in [0.5, 0.6) is 0 Å². The van der Waals surface area contributed by atoms with Crippen LogP contribution < -0.4 is 5.73 Å². The Morgan fingerprint density at radius 1 is 1.05 bits per heavy atom. The van der Waals surface area contributed by atoms with Crippen molar-refractivity contribution in [3.63, 3.8) is 0 Å². The van der Waals surface area contributed by atoms with Gasteiger partial charge >= 0.3 is 0 Å². The fourth-order valence-corrected chi connectivity index (χ4v) is 2.52. The molecule has 2 aromatic carbocycles. The molecule has 0 spiro atoms. The van der Waals surface area contributed by atoms with Crippen LogP contribution in [-0.2, 0) is 10.4 Å². The number of hydrogen-bond donors (Lipinski definition) is 2. The molecule has 1 atom stereocenters. The number of carbonyl (C=O) groups is 1. The maximum absolute atomic E-state index is 11.5. The maximum Gasteiger partial charge on any atom is 0.254 e. The molecule has 0 radical (unpaired) electrons. The molecular formula is C19H23NO2. The first kappa shape index (κ1) is 16.2. The molecule has 0 bridgehead atoms. The zero-order valence-electron chi connectivity index (χ0n) is 13.3. The van der Waals surface area contributed by atoms with Gasteiger partial charge in [0.25, 0.3) is 5.91 Å². The van der Waals surface area contributed by atoms with Gasteiger partial charge in [0, 0.05) is 0 Å². The minimum Gasteiger partial charge on any atom is -0.375 e. The fraction of sp³-hybridized carbons (Fsp3) is 0.316. The molecule has 2 aromatic rings. The molecule has 1 unspecified atom stereocenters. The van der Waals surface area contributed by atoms with E-state index in [-0.39, 0.29) is 6.42 Å². The first-order chi connectivity index (χ1) is 10.4. The second-order valence-electron chi connectivity index (χ2n) is 5.93. The second-order valence-corrected chi connectivity index (χ2v) is 5.93. The number of rotatable bonds is 5. The van der Waals surface area contributed by atoms with E-state index in [4.69, 9.17) is 5.73 Å². The van der Waals surface area contributed by atoms with E-state index in [9.17, 15) is 9.90 Å². The number of primary amides is 1. The summed E-state index contributed by atoms with van der Waals surface area (Å²) in [5.74, 6) is -0.212. The first-order valence-electron chi connectivity index (χ1n) is 7.61.